The van der Waals surface area contributed by atoms with E-state index in [1.54, 1.807) is 29.1 Å². The molecular formula is C15H13N3O3S. The second-order valence-electron chi connectivity index (χ2n) is 4.81. The molecule has 7 heteroatoms. The van der Waals surface area contributed by atoms with Crippen LogP contribution in [-0.4, -0.2) is 33.0 Å². The van der Waals surface area contributed by atoms with Crippen LogP contribution in [0.4, 0.5) is 5.69 Å². The predicted octanol–water partition coefficient (Wildman–Crippen LogP) is 2.88. The molecule has 1 aromatic carbocycles. The van der Waals surface area contributed by atoms with Gasteiger partial charge >= 0.3 is 0 Å². The summed E-state index contributed by atoms with van der Waals surface area (Å²) in [6.07, 6.45) is 3.46. The van der Waals surface area contributed by atoms with Crippen LogP contribution in [0.3, 0.4) is 0 Å². The lowest BCUT2D eigenvalue weighted by atomic mass is 10.1. The Morgan fingerprint density at radius 1 is 1.32 bits per heavy atom. The Balaban J connectivity index is 1.83. The Morgan fingerprint density at radius 2 is 2.09 bits per heavy atom. The lowest BCUT2D eigenvalue weighted by Crippen LogP contribution is -2.30. The summed E-state index contributed by atoms with van der Waals surface area (Å²) in [7, 11) is 0. The highest BCUT2D eigenvalue weighted by molar-refractivity contribution is 7.99. The van der Waals surface area contributed by atoms with Gasteiger partial charge in [-0.15, -0.1) is 11.8 Å². The molecule has 1 aromatic heterocycles. The number of nitro benzene ring substituents is 1. The average molecular weight is 315 g/mol. The minimum Gasteiger partial charge on any atom is -0.322 e. The Morgan fingerprint density at radius 3 is 2.73 bits per heavy atom. The fourth-order valence-corrected chi connectivity index (χ4v) is 3.61. The van der Waals surface area contributed by atoms with E-state index in [1.165, 1.54) is 24.3 Å². The maximum absolute atomic E-state index is 12.6. The second-order valence-corrected chi connectivity index (χ2v) is 6.00. The maximum atomic E-state index is 12.6. The number of non-ortho nitro benzene ring substituents is 1. The summed E-state index contributed by atoms with van der Waals surface area (Å²) in [6.45, 7) is 0.653. The number of thioether (sulfide) groups is 1. The molecule has 2 aromatic rings. The van der Waals surface area contributed by atoms with Crippen molar-refractivity contribution in [2.45, 2.75) is 5.37 Å². The highest BCUT2D eigenvalue weighted by atomic mass is 32.2. The molecule has 1 unspecified atom stereocenters. The van der Waals surface area contributed by atoms with Crippen molar-refractivity contribution in [3.05, 3.63) is 70.0 Å². The molecule has 0 aliphatic carbocycles. The number of hydrogen-bond acceptors (Lipinski definition) is 5. The van der Waals surface area contributed by atoms with Crippen LogP contribution in [-0.2, 0) is 0 Å². The van der Waals surface area contributed by atoms with Crippen molar-refractivity contribution in [2.24, 2.45) is 0 Å². The van der Waals surface area contributed by atoms with E-state index in [4.69, 9.17) is 0 Å². The van der Waals surface area contributed by atoms with E-state index >= 15 is 0 Å². The van der Waals surface area contributed by atoms with Gasteiger partial charge in [0.2, 0.25) is 0 Å². The first kappa shape index (κ1) is 14.5. The van der Waals surface area contributed by atoms with E-state index in [1.807, 2.05) is 12.1 Å². The van der Waals surface area contributed by atoms with Gasteiger partial charge < -0.3 is 4.90 Å². The van der Waals surface area contributed by atoms with Gasteiger partial charge in [0, 0.05) is 48.0 Å². The number of hydrogen-bond donors (Lipinski definition) is 0. The van der Waals surface area contributed by atoms with Crippen molar-refractivity contribution in [3.8, 4) is 0 Å². The lowest BCUT2D eigenvalue weighted by Gasteiger charge is -2.23. The van der Waals surface area contributed by atoms with Crippen LogP contribution in [0.1, 0.15) is 21.3 Å². The molecule has 1 amide bonds. The van der Waals surface area contributed by atoms with Crippen LogP contribution in [0.25, 0.3) is 0 Å². The molecule has 6 nitrogen and oxygen atoms in total. The molecule has 2 heterocycles. The molecule has 1 aliphatic rings. The van der Waals surface area contributed by atoms with E-state index in [9.17, 15) is 14.9 Å². The van der Waals surface area contributed by atoms with Gasteiger partial charge in [0.25, 0.3) is 11.6 Å². The average Bonchev–Trinajstić information content (AvgIpc) is 3.04. The minimum atomic E-state index is -0.474. The SMILES string of the molecule is O=C(c1ccc([N+](=O)[O-])cc1)N1CCSC1c1cccnc1. The Labute approximate surface area is 131 Å². The summed E-state index contributed by atoms with van der Waals surface area (Å²) in [4.78, 5) is 28.7. The zero-order valence-corrected chi connectivity index (χ0v) is 12.4. The van der Waals surface area contributed by atoms with Crippen molar-refractivity contribution >= 4 is 23.4 Å². The number of nitro groups is 1. The molecule has 0 spiro atoms. The molecule has 22 heavy (non-hydrogen) atoms. The number of carbonyl (C=O) groups is 1. The summed E-state index contributed by atoms with van der Waals surface area (Å²) in [5.74, 6) is 0.743. The molecule has 112 valence electrons. The fourth-order valence-electron chi connectivity index (χ4n) is 2.37. The molecule has 0 saturated carbocycles. The van der Waals surface area contributed by atoms with E-state index in [-0.39, 0.29) is 17.0 Å². The third-order valence-electron chi connectivity index (χ3n) is 3.45. The molecule has 0 radical (unpaired) electrons. The van der Waals surface area contributed by atoms with Crippen LogP contribution in [0.15, 0.2) is 48.8 Å². The third kappa shape index (κ3) is 2.80. The van der Waals surface area contributed by atoms with E-state index in [2.05, 4.69) is 4.98 Å². The molecule has 3 rings (SSSR count). The lowest BCUT2D eigenvalue weighted by molar-refractivity contribution is -0.384. The van der Waals surface area contributed by atoms with Gasteiger partial charge in [-0.2, -0.15) is 0 Å². The van der Waals surface area contributed by atoms with Gasteiger partial charge in [0.05, 0.1) is 4.92 Å². The summed E-state index contributed by atoms with van der Waals surface area (Å²) in [6, 6.07) is 9.52. The Bertz CT molecular complexity index is 691. The van der Waals surface area contributed by atoms with Crippen LogP contribution < -0.4 is 0 Å². The zero-order chi connectivity index (χ0) is 15.5. The second kappa shape index (κ2) is 6.15. The first-order valence-electron chi connectivity index (χ1n) is 6.74. The van der Waals surface area contributed by atoms with E-state index in [0.717, 1.165) is 11.3 Å². The first-order valence-corrected chi connectivity index (χ1v) is 7.78. The van der Waals surface area contributed by atoms with Crippen molar-refractivity contribution < 1.29 is 9.72 Å². The van der Waals surface area contributed by atoms with Gasteiger partial charge in [0.1, 0.15) is 5.37 Å². The van der Waals surface area contributed by atoms with Gasteiger partial charge in [-0.25, -0.2) is 0 Å². The maximum Gasteiger partial charge on any atom is 0.269 e. The first-order chi connectivity index (χ1) is 10.7. The quantitative estimate of drug-likeness (QED) is 0.643. The highest BCUT2D eigenvalue weighted by Gasteiger charge is 2.31. The summed E-state index contributed by atoms with van der Waals surface area (Å²) >= 11 is 1.69. The van der Waals surface area contributed by atoms with Crippen molar-refractivity contribution in [2.75, 3.05) is 12.3 Å². The summed E-state index contributed by atoms with van der Waals surface area (Å²) < 4.78 is 0. The van der Waals surface area contributed by atoms with Gasteiger partial charge in [-0.1, -0.05) is 6.07 Å². The van der Waals surface area contributed by atoms with Gasteiger partial charge in [-0.05, 0) is 18.2 Å². The fraction of sp³-hybridized carbons (Fsp3) is 0.200. The monoisotopic (exact) mass is 315 g/mol. The predicted molar refractivity (Wildman–Crippen MR) is 83.6 cm³/mol. The largest absolute Gasteiger partial charge is 0.322 e. The number of amides is 1. The zero-order valence-electron chi connectivity index (χ0n) is 11.6. The van der Waals surface area contributed by atoms with Crippen LogP contribution in [0, 0.1) is 10.1 Å². The summed E-state index contributed by atoms with van der Waals surface area (Å²) in [5, 5.41) is 10.6. The van der Waals surface area contributed by atoms with Gasteiger partial charge in [-0.3, -0.25) is 19.9 Å². The van der Waals surface area contributed by atoms with Crippen molar-refractivity contribution in [1.29, 1.82) is 0 Å². The normalized spacial score (nSPS) is 17.5. The van der Waals surface area contributed by atoms with Crippen LogP contribution in [0.5, 0.6) is 0 Å². The van der Waals surface area contributed by atoms with E-state index < -0.39 is 4.92 Å². The number of pyridine rings is 1. The Kier molecular flexibility index (Phi) is 4.06. The third-order valence-corrected chi connectivity index (χ3v) is 4.71. The topological polar surface area (TPSA) is 76.3 Å². The van der Waals surface area contributed by atoms with Crippen LogP contribution >= 0.6 is 11.8 Å². The van der Waals surface area contributed by atoms with Crippen molar-refractivity contribution in [1.82, 2.24) is 9.88 Å². The standard InChI is InChI=1S/C15H13N3O3S/c19-14(11-3-5-13(6-4-11)18(20)21)17-8-9-22-15(17)12-2-1-7-16-10-12/h1-7,10,15H,8-9H2. The van der Waals surface area contributed by atoms with Crippen molar-refractivity contribution in [3.63, 3.8) is 0 Å². The molecule has 1 fully saturated rings. The number of carbonyl (C=O) groups excluding carboxylic acids is 1. The summed E-state index contributed by atoms with van der Waals surface area (Å²) in [5.41, 5.74) is 1.43. The highest BCUT2D eigenvalue weighted by Crippen LogP contribution is 2.38. The molecule has 0 N–H and O–H groups in total. The van der Waals surface area contributed by atoms with E-state index in [0.29, 0.717) is 12.1 Å². The molecular weight excluding hydrogens is 302 g/mol. The molecule has 1 aliphatic heterocycles. The minimum absolute atomic E-state index is 0.0174. The number of aromatic nitrogens is 1. The Hall–Kier alpha value is -2.41. The van der Waals surface area contributed by atoms with Gasteiger partial charge in [0.15, 0.2) is 0 Å². The van der Waals surface area contributed by atoms with Crippen LogP contribution in [0.2, 0.25) is 0 Å². The molecule has 1 saturated heterocycles. The number of nitrogens with zero attached hydrogens (tertiary/aromatic N) is 3. The number of benzene rings is 1. The smallest absolute Gasteiger partial charge is 0.269 e. The number of rotatable bonds is 3. The molecule has 0 bridgehead atoms. The molecule has 1 atom stereocenters.